The molecule has 1 aromatic carbocycles. The van der Waals surface area contributed by atoms with Crippen LogP contribution in [0.2, 0.25) is 0 Å². The maximum atomic E-state index is 6.04. The highest BCUT2D eigenvalue weighted by Gasteiger charge is 2.10. The molecular weight excluding hydrogens is 314 g/mol. The van der Waals surface area contributed by atoms with Crippen molar-refractivity contribution in [2.24, 2.45) is 0 Å². The quantitative estimate of drug-likeness (QED) is 0.734. The maximum Gasteiger partial charge on any atom is 0.272 e. The number of pyridine rings is 2. The summed E-state index contributed by atoms with van der Waals surface area (Å²) >= 11 is 3.48. The lowest BCUT2D eigenvalue weighted by Gasteiger charge is -2.08. The van der Waals surface area contributed by atoms with Gasteiger partial charge in [0.05, 0.1) is 9.99 Å². The third kappa shape index (κ3) is 2.51. The van der Waals surface area contributed by atoms with E-state index >= 15 is 0 Å². The number of anilines is 1. The molecule has 20 heavy (non-hydrogen) atoms. The minimum atomic E-state index is 0.709. The molecule has 3 rings (SSSR count). The SMILES string of the molecule is Cc1cc(C[n+]2cc(Br)ccc2N)c2ncccc2c1. The van der Waals surface area contributed by atoms with Crippen molar-refractivity contribution < 1.29 is 4.57 Å². The van der Waals surface area contributed by atoms with Crippen LogP contribution in [0.4, 0.5) is 5.82 Å². The number of fused-ring (bicyclic) bond motifs is 1. The minimum absolute atomic E-state index is 0.709. The van der Waals surface area contributed by atoms with Crippen molar-refractivity contribution in [3.8, 4) is 0 Å². The maximum absolute atomic E-state index is 6.04. The zero-order valence-corrected chi connectivity index (χ0v) is 12.8. The van der Waals surface area contributed by atoms with E-state index in [4.69, 9.17) is 5.73 Å². The van der Waals surface area contributed by atoms with Gasteiger partial charge in [-0.05, 0) is 52.7 Å². The molecule has 0 saturated heterocycles. The van der Waals surface area contributed by atoms with E-state index in [1.807, 2.05) is 35.2 Å². The van der Waals surface area contributed by atoms with Gasteiger partial charge in [-0.3, -0.25) is 10.7 Å². The van der Waals surface area contributed by atoms with Crippen LogP contribution in [0.25, 0.3) is 10.9 Å². The molecule has 0 aliphatic heterocycles. The van der Waals surface area contributed by atoms with Gasteiger partial charge >= 0.3 is 0 Å². The number of nitrogen functional groups attached to an aromatic ring is 1. The molecule has 4 heteroatoms. The summed E-state index contributed by atoms with van der Waals surface area (Å²) in [6.45, 7) is 2.81. The van der Waals surface area contributed by atoms with Crippen molar-refractivity contribution in [2.75, 3.05) is 5.73 Å². The first-order valence-electron chi connectivity index (χ1n) is 6.42. The summed E-state index contributed by atoms with van der Waals surface area (Å²) in [6.07, 6.45) is 3.82. The molecule has 100 valence electrons. The molecule has 0 aliphatic rings. The number of rotatable bonds is 2. The van der Waals surface area contributed by atoms with E-state index in [9.17, 15) is 0 Å². The molecular formula is C16H15BrN3+. The van der Waals surface area contributed by atoms with Gasteiger partial charge in [0.25, 0.3) is 5.82 Å². The van der Waals surface area contributed by atoms with Crippen molar-refractivity contribution >= 4 is 32.7 Å². The van der Waals surface area contributed by atoms with Crippen molar-refractivity contribution in [1.82, 2.24) is 4.98 Å². The molecule has 3 aromatic rings. The van der Waals surface area contributed by atoms with Gasteiger partial charge in [0.15, 0.2) is 0 Å². The zero-order chi connectivity index (χ0) is 14.1. The predicted octanol–water partition coefficient (Wildman–Crippen LogP) is 3.22. The molecule has 0 atom stereocenters. The van der Waals surface area contributed by atoms with Crippen LogP contribution in [0.5, 0.6) is 0 Å². The van der Waals surface area contributed by atoms with Gasteiger partial charge in [0, 0.05) is 23.2 Å². The first-order chi connectivity index (χ1) is 9.63. The van der Waals surface area contributed by atoms with Crippen LogP contribution in [-0.2, 0) is 6.54 Å². The second-order valence-corrected chi connectivity index (χ2v) is 5.81. The number of halogens is 1. The Morgan fingerprint density at radius 3 is 2.95 bits per heavy atom. The van der Waals surface area contributed by atoms with Gasteiger partial charge in [0.1, 0.15) is 12.7 Å². The molecule has 0 fully saturated rings. The summed E-state index contributed by atoms with van der Waals surface area (Å²) in [7, 11) is 0. The lowest BCUT2D eigenvalue weighted by molar-refractivity contribution is -0.674. The van der Waals surface area contributed by atoms with Gasteiger partial charge in [0.2, 0.25) is 0 Å². The molecule has 0 spiro atoms. The van der Waals surface area contributed by atoms with Crippen LogP contribution >= 0.6 is 15.9 Å². The van der Waals surface area contributed by atoms with E-state index in [1.54, 1.807) is 0 Å². The number of hydrogen-bond donors (Lipinski definition) is 1. The number of aryl methyl sites for hydroxylation is 1. The van der Waals surface area contributed by atoms with Crippen LogP contribution in [0.1, 0.15) is 11.1 Å². The van der Waals surface area contributed by atoms with Crippen molar-refractivity contribution in [2.45, 2.75) is 13.5 Å². The summed E-state index contributed by atoms with van der Waals surface area (Å²) in [6, 6.07) is 12.2. The van der Waals surface area contributed by atoms with Crippen molar-refractivity contribution in [3.63, 3.8) is 0 Å². The van der Waals surface area contributed by atoms with Gasteiger partial charge in [-0.15, -0.1) is 0 Å². The molecule has 0 aliphatic carbocycles. The fourth-order valence-corrected chi connectivity index (χ4v) is 2.78. The lowest BCUT2D eigenvalue weighted by atomic mass is 10.1. The summed E-state index contributed by atoms with van der Waals surface area (Å²) in [5.74, 6) is 0.735. The number of nitrogens with two attached hydrogens (primary N) is 1. The Morgan fingerprint density at radius 1 is 1.25 bits per heavy atom. The van der Waals surface area contributed by atoms with E-state index in [2.05, 4.69) is 46.0 Å². The molecule has 0 unspecified atom stereocenters. The zero-order valence-electron chi connectivity index (χ0n) is 11.2. The fourth-order valence-electron chi connectivity index (χ4n) is 2.40. The average Bonchev–Trinajstić information content (AvgIpc) is 2.43. The second-order valence-electron chi connectivity index (χ2n) is 4.90. The average molecular weight is 329 g/mol. The monoisotopic (exact) mass is 328 g/mol. The van der Waals surface area contributed by atoms with Crippen molar-refractivity contribution in [3.05, 3.63) is 64.4 Å². The topological polar surface area (TPSA) is 42.8 Å². The van der Waals surface area contributed by atoms with Crippen LogP contribution in [0.3, 0.4) is 0 Å². The molecule has 0 amide bonds. The third-order valence-electron chi connectivity index (χ3n) is 3.29. The van der Waals surface area contributed by atoms with Gasteiger partial charge in [-0.25, -0.2) is 4.57 Å². The molecule has 3 nitrogen and oxygen atoms in total. The molecule has 0 saturated carbocycles. The molecule has 2 heterocycles. The number of benzene rings is 1. The first-order valence-corrected chi connectivity index (χ1v) is 7.21. The predicted molar refractivity (Wildman–Crippen MR) is 84.3 cm³/mol. The summed E-state index contributed by atoms with van der Waals surface area (Å²) < 4.78 is 3.03. The highest BCUT2D eigenvalue weighted by molar-refractivity contribution is 9.10. The van der Waals surface area contributed by atoms with E-state index in [0.29, 0.717) is 6.54 Å². The first kappa shape index (κ1) is 13.1. The van der Waals surface area contributed by atoms with Gasteiger partial charge in [-0.1, -0.05) is 6.07 Å². The fraction of sp³-hybridized carbons (Fsp3) is 0.125. The van der Waals surface area contributed by atoms with Gasteiger partial charge in [-0.2, -0.15) is 0 Å². The van der Waals surface area contributed by atoms with Crippen molar-refractivity contribution in [1.29, 1.82) is 0 Å². The summed E-state index contributed by atoms with van der Waals surface area (Å²) in [5.41, 5.74) is 9.48. The largest absolute Gasteiger partial charge is 0.287 e. The highest BCUT2D eigenvalue weighted by atomic mass is 79.9. The normalized spacial score (nSPS) is 10.9. The van der Waals surface area contributed by atoms with Crippen LogP contribution in [0.15, 0.2) is 53.3 Å². The molecule has 0 bridgehead atoms. The van der Waals surface area contributed by atoms with Crippen LogP contribution in [-0.4, -0.2) is 4.98 Å². The smallest absolute Gasteiger partial charge is 0.272 e. The third-order valence-corrected chi connectivity index (χ3v) is 3.76. The minimum Gasteiger partial charge on any atom is -0.287 e. The summed E-state index contributed by atoms with van der Waals surface area (Å²) in [5, 5.41) is 1.16. The molecule has 2 aromatic heterocycles. The van der Waals surface area contributed by atoms with E-state index in [1.165, 1.54) is 11.1 Å². The Labute approximate surface area is 126 Å². The van der Waals surface area contributed by atoms with Crippen LogP contribution in [0, 0.1) is 6.92 Å². The highest BCUT2D eigenvalue weighted by Crippen LogP contribution is 2.19. The Kier molecular flexibility index (Phi) is 3.40. The Hall–Kier alpha value is -1.94. The summed E-state index contributed by atoms with van der Waals surface area (Å²) in [4.78, 5) is 4.50. The number of hydrogen-bond acceptors (Lipinski definition) is 2. The second kappa shape index (κ2) is 5.21. The van der Waals surface area contributed by atoms with Crippen LogP contribution < -0.4 is 10.3 Å². The standard InChI is InChI=1S/C16H14BrN3/c1-11-7-12-3-2-6-19-16(12)13(8-11)9-20-10-14(17)4-5-15(20)18/h2-8,10,18H,9H2,1H3/p+1. The Bertz CT molecular complexity index is 784. The number of aromatic nitrogens is 2. The Balaban J connectivity index is 2.13. The molecule has 2 N–H and O–H groups in total. The van der Waals surface area contributed by atoms with E-state index in [-0.39, 0.29) is 0 Å². The Morgan fingerprint density at radius 2 is 2.10 bits per heavy atom. The molecule has 0 radical (unpaired) electrons. The van der Waals surface area contributed by atoms with Gasteiger partial charge < -0.3 is 0 Å². The lowest BCUT2D eigenvalue weighted by Crippen LogP contribution is -2.37. The number of nitrogens with zero attached hydrogens (tertiary/aromatic N) is 2. The van der Waals surface area contributed by atoms with E-state index < -0.39 is 0 Å². The van der Waals surface area contributed by atoms with E-state index in [0.717, 1.165) is 21.2 Å².